The molecule has 10 aliphatic rings. The monoisotopic (exact) mass is 1810 g/mol. The van der Waals surface area contributed by atoms with Crippen LogP contribution in [0.5, 0.6) is 46.0 Å². The highest BCUT2D eigenvalue weighted by atomic mass is 16.6. The van der Waals surface area contributed by atoms with Crippen molar-refractivity contribution in [2.45, 2.75) is 281 Å². The van der Waals surface area contributed by atoms with E-state index >= 15 is 0 Å². The number of carbonyl (C=O) groups is 5. The van der Waals surface area contributed by atoms with E-state index in [9.17, 15) is 39.3 Å². The summed E-state index contributed by atoms with van der Waals surface area (Å²) in [5, 5.41) is 41.1. The summed E-state index contributed by atoms with van der Waals surface area (Å²) in [6, 6.07) is 70.5. The second-order valence-corrected chi connectivity index (χ2v) is 42.5. The summed E-state index contributed by atoms with van der Waals surface area (Å²) in [6.45, 7) is 29.2. The summed E-state index contributed by atoms with van der Waals surface area (Å²) >= 11 is 0. The molecule has 3 N–H and O–H groups in total. The third kappa shape index (κ3) is 21.4. The summed E-state index contributed by atoms with van der Waals surface area (Å²) in [7, 11) is 0. The number of benzene rings is 12. The molecule has 10 aliphatic carbocycles. The predicted octanol–water partition coefficient (Wildman–Crippen LogP) is 31.6. The minimum atomic E-state index is -0.551. The summed E-state index contributed by atoms with van der Waals surface area (Å²) in [6.07, 6.45) is 28.5. The average Bonchev–Trinajstić information content (AvgIpc) is 0.737. The van der Waals surface area contributed by atoms with Gasteiger partial charge >= 0.3 is 29.8 Å². The molecule has 7 atom stereocenters. The van der Waals surface area contributed by atoms with Crippen LogP contribution in [0.15, 0.2) is 218 Å². The van der Waals surface area contributed by atoms with Crippen LogP contribution in [0.1, 0.15) is 303 Å². The lowest BCUT2D eigenvalue weighted by Gasteiger charge is -2.55. The maximum absolute atomic E-state index is 13.4. The van der Waals surface area contributed by atoms with Crippen molar-refractivity contribution in [1.29, 1.82) is 0 Å². The van der Waals surface area contributed by atoms with Crippen LogP contribution in [0.2, 0.25) is 0 Å². The van der Waals surface area contributed by atoms with Crippen molar-refractivity contribution in [3.05, 3.63) is 241 Å². The van der Waals surface area contributed by atoms with Gasteiger partial charge in [-0.05, 0) is 326 Å². The highest BCUT2D eigenvalue weighted by Gasteiger charge is 2.57. The Bertz CT molecular complexity index is 6020. The van der Waals surface area contributed by atoms with E-state index in [1.54, 1.807) is 42.5 Å². The molecule has 12 aromatic carbocycles. The maximum Gasteiger partial charge on any atom is 0.317 e. The van der Waals surface area contributed by atoms with Gasteiger partial charge in [0.15, 0.2) is 0 Å². The molecular formula is C121H144O13. The van der Waals surface area contributed by atoms with Gasteiger partial charge in [-0.25, -0.2) is 0 Å². The fraction of sp³-hybridized carbons (Fsp3) is 0.463. The first-order valence-electron chi connectivity index (χ1n) is 50.7. The van der Waals surface area contributed by atoms with E-state index in [0.717, 1.165) is 156 Å². The number of rotatable bonds is 20. The average molecular weight is 1810 g/mol. The van der Waals surface area contributed by atoms with Gasteiger partial charge in [0.1, 0.15) is 46.0 Å². The van der Waals surface area contributed by atoms with Crippen LogP contribution in [0.4, 0.5) is 0 Å². The molecule has 0 aromatic heterocycles. The van der Waals surface area contributed by atoms with Crippen LogP contribution in [-0.2, 0) is 24.0 Å². The fourth-order valence-corrected chi connectivity index (χ4v) is 23.9. The molecule has 0 spiro atoms. The molecule has 706 valence electrons. The van der Waals surface area contributed by atoms with E-state index in [-0.39, 0.29) is 52.3 Å². The molecule has 12 aromatic rings. The zero-order chi connectivity index (χ0) is 94.9. The third-order valence-corrected chi connectivity index (χ3v) is 32.7. The highest BCUT2D eigenvalue weighted by molar-refractivity contribution is 6.00. The number of fused-ring (bicyclic) bond motifs is 7. The Kier molecular flexibility index (Phi) is 30.9. The molecule has 13 heteroatoms. The Morgan fingerprint density at radius 1 is 0.299 bits per heavy atom. The molecule has 0 radical (unpaired) electrons. The van der Waals surface area contributed by atoms with Gasteiger partial charge in [-0.3, -0.25) is 24.0 Å². The summed E-state index contributed by atoms with van der Waals surface area (Å²) in [5.74, 6) is 11.5. The van der Waals surface area contributed by atoms with Crippen molar-refractivity contribution in [2.75, 3.05) is 0 Å². The topological polar surface area (TPSA) is 192 Å². The molecule has 13 nitrogen and oxygen atoms in total. The van der Waals surface area contributed by atoms with Gasteiger partial charge in [0.25, 0.3) is 0 Å². The Balaban J connectivity index is 0.000000125. The van der Waals surface area contributed by atoms with E-state index in [4.69, 9.17) is 23.7 Å². The Morgan fingerprint density at radius 3 is 0.873 bits per heavy atom. The number of hydrogen-bond acceptors (Lipinski definition) is 13. The maximum atomic E-state index is 13.4. The van der Waals surface area contributed by atoms with Crippen molar-refractivity contribution in [2.24, 2.45) is 74.9 Å². The number of phenols is 3. The van der Waals surface area contributed by atoms with Gasteiger partial charge in [-0.2, -0.15) is 0 Å². The van der Waals surface area contributed by atoms with Crippen LogP contribution < -0.4 is 23.7 Å². The summed E-state index contributed by atoms with van der Waals surface area (Å²) < 4.78 is 29.5. The van der Waals surface area contributed by atoms with Crippen molar-refractivity contribution >= 4 is 94.5 Å². The summed E-state index contributed by atoms with van der Waals surface area (Å²) in [4.78, 5) is 64.5. The molecule has 22 rings (SSSR count). The van der Waals surface area contributed by atoms with Crippen molar-refractivity contribution in [3.8, 4) is 46.0 Å². The van der Waals surface area contributed by atoms with Gasteiger partial charge < -0.3 is 39.0 Å². The molecule has 10 fully saturated rings. The van der Waals surface area contributed by atoms with E-state index in [0.29, 0.717) is 88.4 Å². The smallest absolute Gasteiger partial charge is 0.317 e. The normalized spacial score (nSPS) is 23.2. The minimum Gasteiger partial charge on any atom is -0.507 e. The Hall–Kier alpha value is -11.1. The fourth-order valence-electron chi connectivity index (χ4n) is 23.9. The van der Waals surface area contributed by atoms with Gasteiger partial charge in [-0.1, -0.05) is 265 Å². The number of carbonyl (C=O) groups excluding carboxylic acids is 5. The largest absolute Gasteiger partial charge is 0.507 e. The van der Waals surface area contributed by atoms with Gasteiger partial charge in [0.2, 0.25) is 0 Å². The molecule has 0 heterocycles. The number of hydrogen-bond donors (Lipinski definition) is 3. The molecule has 0 amide bonds. The Labute approximate surface area is 795 Å². The van der Waals surface area contributed by atoms with Gasteiger partial charge in [-0.15, -0.1) is 0 Å². The second kappa shape index (κ2) is 42.5. The lowest BCUT2D eigenvalue weighted by molar-refractivity contribution is -0.162. The van der Waals surface area contributed by atoms with E-state index < -0.39 is 10.8 Å². The molecule has 8 bridgehead atoms. The second-order valence-electron chi connectivity index (χ2n) is 42.5. The number of phenolic OH excluding ortho intramolecular Hbond substituents is 3. The van der Waals surface area contributed by atoms with Crippen molar-refractivity contribution < 1.29 is 63.0 Å². The van der Waals surface area contributed by atoms with Gasteiger partial charge in [0, 0.05) is 43.1 Å². The summed E-state index contributed by atoms with van der Waals surface area (Å²) in [5.41, 5.74) is 3.77. The first kappa shape index (κ1) is 97.5. The van der Waals surface area contributed by atoms with Crippen LogP contribution in [0.3, 0.4) is 0 Å². The molecule has 0 saturated heterocycles. The third-order valence-electron chi connectivity index (χ3n) is 32.7. The van der Waals surface area contributed by atoms with Crippen LogP contribution in [0.25, 0.3) is 64.6 Å². The lowest BCUT2D eigenvalue weighted by atomic mass is 9.49. The minimum absolute atomic E-state index is 0.0135. The van der Waals surface area contributed by atoms with E-state index in [1.807, 2.05) is 157 Å². The van der Waals surface area contributed by atoms with Crippen LogP contribution >= 0.6 is 0 Å². The van der Waals surface area contributed by atoms with Gasteiger partial charge in [0.05, 0.1) is 27.6 Å². The zero-order valence-corrected chi connectivity index (χ0v) is 81.9. The lowest BCUT2D eigenvalue weighted by Crippen LogP contribution is -2.51. The van der Waals surface area contributed by atoms with E-state index in [1.165, 1.54) is 114 Å². The molecule has 10 saturated carbocycles. The van der Waals surface area contributed by atoms with Crippen LogP contribution in [-0.4, -0.2) is 45.2 Å². The molecule has 7 unspecified atom stereocenters. The number of aromatic hydroxyl groups is 3. The number of ether oxygens (including phenoxy) is 5. The van der Waals surface area contributed by atoms with Crippen molar-refractivity contribution in [1.82, 2.24) is 0 Å². The predicted molar refractivity (Wildman–Crippen MR) is 544 cm³/mol. The zero-order valence-electron chi connectivity index (χ0n) is 81.9. The molecule has 134 heavy (non-hydrogen) atoms. The van der Waals surface area contributed by atoms with Crippen LogP contribution in [0, 0.1) is 74.9 Å². The number of esters is 5. The Morgan fingerprint density at radius 2 is 0.545 bits per heavy atom. The SMILES string of the molecule is CCC(C)(C)C(=O)Oc1ccc(O)c2ccccc12.CCC(C)(C)C(=O)Oc1ccc(OC(=O)C23CC4CC(CC(C4)C2)C3)c2ccccc12.CCC(C)c1ccc(O)c2ccccc12.CCC(C)c1ccc(O)c2ccccc12.CCC(C)c1ccc(OC(=O)C23CC4CC(CC(C4)C2)C3)c2ccccc12.CCC(C)c1ccc(OC(=O)C2CCC3CCCCC3C2)c2ccccc12. The highest BCUT2D eigenvalue weighted by Crippen LogP contribution is 2.63. The standard InChI is InChI=1S/C27H32O4.C25H30O2.C25H32O2.C16H18O3.2C14H16O/c1-4-26(2,3)24(28)30-22-9-10-23(21-8-6-5-7-20(21)22)31-25(29)27-14-17-11-18(15-27)13-19(12-17)16-27;1-3-16(2)20-8-9-23(22-7-5-4-6-21(20)22)27-24(26)25-13-17-10-18(14-25)12-19(11-17)15-25;1-3-17(2)21-14-15-24(23-11-7-6-10-22(21)23)27-25(26)20-13-12-18-8-4-5-9-19(18)16-20;1-4-16(2,3)15(18)19-14-10-9-13(17)11-7-5-6-8-12(11)14;2*1-3-10(2)11-8-9-14(15)13-7-5-4-6-12(11)13/h5-10,17-19H,4,11-16H2,1-3H3;4-9,16-19H,3,10-15H2,1-2H3;6-7,10-11,14-15,17-20H,3-5,8-9,12-13,16H2,1-2H3;5-10,17H,4H2,1-3H3;2*4-10,15H,3H2,1-2H3. The van der Waals surface area contributed by atoms with Crippen molar-refractivity contribution in [3.63, 3.8) is 0 Å². The van der Waals surface area contributed by atoms with E-state index in [2.05, 4.69) is 116 Å². The molecular weight excluding hydrogens is 1660 g/mol. The first-order chi connectivity index (χ1) is 64.5. The first-order valence-corrected chi connectivity index (χ1v) is 50.7. The molecule has 0 aliphatic heterocycles. The quantitative estimate of drug-likeness (QED) is 0.0483.